The van der Waals surface area contributed by atoms with Gasteiger partial charge in [0.1, 0.15) is 11.4 Å². The maximum Gasteiger partial charge on any atom is 0.256 e. The molecule has 0 aliphatic carbocycles. The number of hydrogen-bond acceptors (Lipinski definition) is 3. The molecule has 0 fully saturated rings. The molecule has 4 nitrogen and oxygen atoms in total. The molecule has 0 aliphatic rings. The van der Waals surface area contributed by atoms with Crippen LogP contribution in [0.3, 0.4) is 0 Å². The Kier molecular flexibility index (Phi) is 8.83. The second-order valence-corrected chi connectivity index (χ2v) is 6.47. The van der Waals surface area contributed by atoms with Gasteiger partial charge >= 0.3 is 0 Å². The molecule has 0 saturated carbocycles. The number of benzene rings is 1. The number of rotatable bonds is 11. The van der Waals surface area contributed by atoms with Crippen LogP contribution in [0.25, 0.3) is 0 Å². The minimum Gasteiger partial charge on any atom is -0.493 e. The van der Waals surface area contributed by atoms with Crippen LogP contribution in [0.15, 0.2) is 18.2 Å². The Labute approximate surface area is 146 Å². The average Bonchev–Trinajstić information content (AvgIpc) is 2.55. The summed E-state index contributed by atoms with van der Waals surface area (Å²) in [6.45, 7) is 11.4. The molecule has 1 rings (SSSR count). The van der Waals surface area contributed by atoms with Gasteiger partial charge in [0.15, 0.2) is 0 Å². The normalized spacial score (nSPS) is 13.4. The van der Waals surface area contributed by atoms with Gasteiger partial charge in [-0.25, -0.2) is 0 Å². The Morgan fingerprint density at radius 1 is 1.12 bits per heavy atom. The zero-order valence-electron chi connectivity index (χ0n) is 15.9. The van der Waals surface area contributed by atoms with Gasteiger partial charge in [-0.05, 0) is 56.9 Å². The highest BCUT2D eigenvalue weighted by Crippen LogP contribution is 2.25. The quantitative estimate of drug-likeness (QED) is 0.572. The number of nitrogens with one attached hydrogen (secondary N) is 1. The van der Waals surface area contributed by atoms with Gasteiger partial charge in [0, 0.05) is 12.3 Å². The Bertz CT molecular complexity index is 516. The summed E-state index contributed by atoms with van der Waals surface area (Å²) < 4.78 is 11.6. The summed E-state index contributed by atoms with van der Waals surface area (Å²) in [6, 6.07) is 5.76. The lowest BCUT2D eigenvalue weighted by atomic mass is 9.98. The van der Waals surface area contributed by atoms with Gasteiger partial charge in [-0.3, -0.25) is 4.79 Å². The number of aryl methyl sites for hydroxylation is 1. The van der Waals surface area contributed by atoms with Crippen molar-refractivity contribution in [2.45, 2.75) is 72.3 Å². The Hall–Kier alpha value is -1.55. The molecule has 0 unspecified atom stereocenters. The van der Waals surface area contributed by atoms with Gasteiger partial charge in [0.25, 0.3) is 5.91 Å². The van der Waals surface area contributed by atoms with Gasteiger partial charge in [-0.15, -0.1) is 0 Å². The average molecular weight is 335 g/mol. The summed E-state index contributed by atoms with van der Waals surface area (Å²) in [5.74, 6) is 0.789. The van der Waals surface area contributed by atoms with E-state index in [-0.39, 0.29) is 5.91 Å². The lowest BCUT2D eigenvalue weighted by Crippen LogP contribution is -2.43. The molecule has 0 aromatic heterocycles. The van der Waals surface area contributed by atoms with Gasteiger partial charge in [0.05, 0.1) is 6.61 Å². The zero-order valence-corrected chi connectivity index (χ0v) is 15.9. The van der Waals surface area contributed by atoms with Crippen LogP contribution in [0.2, 0.25) is 0 Å². The minimum absolute atomic E-state index is 0.0862. The van der Waals surface area contributed by atoms with Crippen LogP contribution in [0.1, 0.15) is 65.4 Å². The van der Waals surface area contributed by atoms with E-state index in [4.69, 9.17) is 9.47 Å². The van der Waals surface area contributed by atoms with Gasteiger partial charge in [-0.1, -0.05) is 33.6 Å². The predicted molar refractivity (Wildman–Crippen MR) is 99.8 cm³/mol. The van der Waals surface area contributed by atoms with E-state index < -0.39 is 5.60 Å². The molecule has 0 heterocycles. The molecular weight excluding hydrogens is 302 g/mol. The summed E-state index contributed by atoms with van der Waals surface area (Å²) in [5.41, 5.74) is 1.02. The van der Waals surface area contributed by atoms with E-state index in [1.807, 2.05) is 39.0 Å². The van der Waals surface area contributed by atoms with Crippen LogP contribution in [0.4, 0.5) is 5.69 Å². The van der Waals surface area contributed by atoms with Crippen LogP contribution in [0.5, 0.6) is 5.75 Å². The van der Waals surface area contributed by atoms with Crippen LogP contribution < -0.4 is 10.1 Å². The predicted octanol–water partition coefficient (Wildman–Crippen LogP) is 5.10. The minimum atomic E-state index is -0.783. The molecule has 1 atom stereocenters. The Morgan fingerprint density at radius 2 is 1.88 bits per heavy atom. The molecular formula is C20H33NO3. The summed E-state index contributed by atoms with van der Waals surface area (Å²) >= 11 is 0. The molecule has 1 N–H and O–H groups in total. The fourth-order valence-electron chi connectivity index (χ4n) is 2.53. The fourth-order valence-corrected chi connectivity index (χ4v) is 2.53. The lowest BCUT2D eigenvalue weighted by molar-refractivity contribution is -0.140. The molecule has 1 aromatic carbocycles. The van der Waals surface area contributed by atoms with Crippen LogP contribution >= 0.6 is 0 Å². The maximum absolute atomic E-state index is 12.7. The second-order valence-electron chi connectivity index (χ2n) is 6.47. The van der Waals surface area contributed by atoms with Crippen molar-refractivity contribution in [2.75, 3.05) is 18.5 Å². The van der Waals surface area contributed by atoms with Crippen molar-refractivity contribution in [3.8, 4) is 5.75 Å². The van der Waals surface area contributed by atoms with E-state index in [9.17, 15) is 4.79 Å². The lowest BCUT2D eigenvalue weighted by Gasteiger charge is -2.28. The largest absolute Gasteiger partial charge is 0.493 e. The Morgan fingerprint density at radius 3 is 2.46 bits per heavy atom. The van der Waals surface area contributed by atoms with Crippen LogP contribution in [-0.4, -0.2) is 24.7 Å². The van der Waals surface area contributed by atoms with Crippen molar-refractivity contribution >= 4 is 11.6 Å². The SMILES string of the molecule is CCCCOc1ccc(NC(=O)[C@](C)(CCC)OCCC)cc1C. The van der Waals surface area contributed by atoms with Crippen molar-refractivity contribution in [2.24, 2.45) is 0 Å². The third-order valence-electron chi connectivity index (χ3n) is 4.02. The first kappa shape index (κ1) is 20.5. The first-order valence-electron chi connectivity index (χ1n) is 9.15. The monoisotopic (exact) mass is 335 g/mol. The smallest absolute Gasteiger partial charge is 0.256 e. The Balaban J connectivity index is 2.76. The van der Waals surface area contributed by atoms with Crippen LogP contribution in [0, 0.1) is 6.92 Å². The number of amides is 1. The maximum atomic E-state index is 12.7. The molecule has 4 heteroatoms. The third kappa shape index (κ3) is 6.16. The van der Waals surface area contributed by atoms with Crippen molar-refractivity contribution in [1.29, 1.82) is 0 Å². The summed E-state index contributed by atoms with van der Waals surface area (Å²) in [4.78, 5) is 12.7. The van der Waals surface area contributed by atoms with Gasteiger partial charge in [-0.2, -0.15) is 0 Å². The first-order chi connectivity index (χ1) is 11.5. The van der Waals surface area contributed by atoms with E-state index >= 15 is 0 Å². The number of ether oxygens (including phenoxy) is 2. The highest BCUT2D eigenvalue weighted by Gasteiger charge is 2.33. The van der Waals surface area contributed by atoms with E-state index in [1.165, 1.54) is 0 Å². The molecule has 0 saturated heterocycles. The van der Waals surface area contributed by atoms with Gasteiger partial charge in [0.2, 0.25) is 0 Å². The zero-order chi connectivity index (χ0) is 18.0. The number of unbranched alkanes of at least 4 members (excludes halogenated alkanes) is 1. The van der Waals surface area contributed by atoms with Crippen molar-refractivity contribution in [1.82, 2.24) is 0 Å². The molecule has 0 spiro atoms. The number of carbonyl (C=O) groups is 1. The van der Waals surface area contributed by atoms with E-state index in [1.54, 1.807) is 0 Å². The molecule has 136 valence electrons. The van der Waals surface area contributed by atoms with Crippen LogP contribution in [-0.2, 0) is 9.53 Å². The third-order valence-corrected chi connectivity index (χ3v) is 4.02. The second kappa shape index (κ2) is 10.3. The molecule has 1 amide bonds. The highest BCUT2D eigenvalue weighted by atomic mass is 16.5. The molecule has 0 radical (unpaired) electrons. The highest BCUT2D eigenvalue weighted by molar-refractivity contribution is 5.97. The molecule has 1 aromatic rings. The topological polar surface area (TPSA) is 47.6 Å². The number of hydrogen-bond donors (Lipinski definition) is 1. The molecule has 0 aliphatic heterocycles. The summed E-state index contributed by atoms with van der Waals surface area (Å²) in [6.07, 6.45) is 4.66. The van der Waals surface area contributed by atoms with E-state index in [2.05, 4.69) is 19.2 Å². The fraction of sp³-hybridized carbons (Fsp3) is 0.650. The summed E-state index contributed by atoms with van der Waals surface area (Å²) in [7, 11) is 0. The van der Waals surface area contributed by atoms with Crippen molar-refractivity contribution < 1.29 is 14.3 Å². The number of carbonyl (C=O) groups excluding carboxylic acids is 1. The standard InChI is InChI=1S/C20H33NO3/c1-6-9-14-23-18-11-10-17(15-16(18)4)21-19(22)20(5,12-7-2)24-13-8-3/h10-11,15H,6-9,12-14H2,1-5H3,(H,21,22)/t20-/m0/s1. The molecule has 24 heavy (non-hydrogen) atoms. The van der Waals surface area contributed by atoms with Gasteiger partial charge < -0.3 is 14.8 Å². The van der Waals surface area contributed by atoms with Crippen molar-refractivity contribution in [3.05, 3.63) is 23.8 Å². The first-order valence-corrected chi connectivity index (χ1v) is 9.15. The van der Waals surface area contributed by atoms with E-state index in [0.29, 0.717) is 13.0 Å². The van der Waals surface area contributed by atoms with Crippen molar-refractivity contribution in [3.63, 3.8) is 0 Å². The molecule has 0 bridgehead atoms. The van der Waals surface area contributed by atoms with E-state index in [0.717, 1.165) is 49.3 Å². The summed E-state index contributed by atoms with van der Waals surface area (Å²) in [5, 5.41) is 2.99. The number of anilines is 1.